The van der Waals surface area contributed by atoms with Crippen LogP contribution in [0.4, 0.5) is 0 Å². The molecule has 1 aromatic rings. The predicted molar refractivity (Wildman–Crippen MR) is 84.2 cm³/mol. The van der Waals surface area contributed by atoms with E-state index in [4.69, 9.17) is 4.52 Å². The molecule has 0 saturated carbocycles. The molecule has 0 amide bonds. The molecule has 1 aromatic heterocycles. The second-order valence-corrected chi connectivity index (χ2v) is 6.68. The van der Waals surface area contributed by atoms with E-state index in [0.717, 1.165) is 24.5 Å². The van der Waals surface area contributed by atoms with Gasteiger partial charge in [-0.15, -0.1) is 6.58 Å². The lowest BCUT2D eigenvalue weighted by molar-refractivity contribution is 0.0446. The van der Waals surface area contributed by atoms with E-state index in [-0.39, 0.29) is 0 Å². The molecule has 0 radical (unpaired) electrons. The van der Waals surface area contributed by atoms with Gasteiger partial charge in [-0.05, 0) is 52.6 Å². The number of rotatable bonds is 4. The minimum absolute atomic E-state index is 0.380. The quantitative estimate of drug-likeness (QED) is 0.798. The minimum Gasteiger partial charge on any atom is -0.361 e. The highest BCUT2D eigenvalue weighted by atomic mass is 16.5. The number of aromatic nitrogens is 1. The van der Waals surface area contributed by atoms with Gasteiger partial charge in [-0.2, -0.15) is 0 Å². The van der Waals surface area contributed by atoms with E-state index in [2.05, 4.69) is 27.6 Å². The van der Waals surface area contributed by atoms with Crippen molar-refractivity contribution >= 4 is 0 Å². The summed E-state index contributed by atoms with van der Waals surface area (Å²) in [7, 11) is 0. The molecular weight excluding hydrogens is 262 g/mol. The van der Waals surface area contributed by atoms with Gasteiger partial charge in [0.2, 0.25) is 0 Å². The lowest BCUT2D eigenvalue weighted by atomic mass is 9.86. The van der Waals surface area contributed by atoms with Crippen LogP contribution in [0, 0.1) is 13.8 Å². The van der Waals surface area contributed by atoms with Crippen molar-refractivity contribution in [2.45, 2.75) is 51.6 Å². The summed E-state index contributed by atoms with van der Waals surface area (Å²) < 4.78 is 5.31. The summed E-state index contributed by atoms with van der Waals surface area (Å²) in [6.07, 6.45) is 7.34. The van der Waals surface area contributed by atoms with Crippen LogP contribution >= 0.6 is 0 Å². The van der Waals surface area contributed by atoms with Crippen molar-refractivity contribution in [1.82, 2.24) is 15.0 Å². The number of likely N-dealkylation sites (tertiary alicyclic amines) is 2. The van der Waals surface area contributed by atoms with Crippen LogP contribution in [0.2, 0.25) is 0 Å². The van der Waals surface area contributed by atoms with Crippen molar-refractivity contribution < 1.29 is 4.52 Å². The van der Waals surface area contributed by atoms with Gasteiger partial charge in [0.1, 0.15) is 5.76 Å². The largest absolute Gasteiger partial charge is 0.361 e. The van der Waals surface area contributed by atoms with Crippen LogP contribution in [0.5, 0.6) is 0 Å². The van der Waals surface area contributed by atoms with Crippen LogP contribution in [0.3, 0.4) is 0 Å². The second kappa shape index (κ2) is 5.93. The zero-order chi connectivity index (χ0) is 14.9. The van der Waals surface area contributed by atoms with Crippen molar-refractivity contribution in [3.63, 3.8) is 0 Å². The topological polar surface area (TPSA) is 32.5 Å². The molecule has 4 heteroatoms. The maximum absolute atomic E-state index is 5.31. The van der Waals surface area contributed by atoms with Gasteiger partial charge < -0.3 is 4.52 Å². The summed E-state index contributed by atoms with van der Waals surface area (Å²) in [5, 5.41) is 4.09. The Hall–Kier alpha value is -1.13. The first-order valence-corrected chi connectivity index (χ1v) is 8.15. The highest BCUT2D eigenvalue weighted by Gasteiger charge is 2.43. The monoisotopic (exact) mass is 289 g/mol. The molecule has 0 aliphatic carbocycles. The molecule has 0 N–H and O–H groups in total. The third-order valence-corrected chi connectivity index (χ3v) is 5.29. The fourth-order valence-corrected chi connectivity index (χ4v) is 4.19. The van der Waals surface area contributed by atoms with Crippen LogP contribution in [-0.4, -0.2) is 46.7 Å². The number of hydrogen-bond donors (Lipinski definition) is 0. The third kappa shape index (κ3) is 2.79. The van der Waals surface area contributed by atoms with Gasteiger partial charge in [0, 0.05) is 30.7 Å². The van der Waals surface area contributed by atoms with E-state index < -0.39 is 0 Å². The number of nitrogens with zero attached hydrogens (tertiary/aromatic N) is 3. The summed E-state index contributed by atoms with van der Waals surface area (Å²) in [5.41, 5.74) is 2.70. The molecule has 2 aliphatic heterocycles. The molecule has 116 valence electrons. The summed E-state index contributed by atoms with van der Waals surface area (Å²) in [6, 6.07) is 0. The Bertz CT molecular complexity index is 491. The summed E-state index contributed by atoms with van der Waals surface area (Å²) in [4.78, 5) is 5.25. The zero-order valence-corrected chi connectivity index (χ0v) is 13.4. The molecule has 2 saturated heterocycles. The van der Waals surface area contributed by atoms with Crippen LogP contribution in [0.25, 0.3) is 0 Å². The van der Waals surface area contributed by atoms with Gasteiger partial charge in [0.05, 0.1) is 5.69 Å². The summed E-state index contributed by atoms with van der Waals surface area (Å²) >= 11 is 0. The Morgan fingerprint density at radius 3 is 2.71 bits per heavy atom. The van der Waals surface area contributed by atoms with Gasteiger partial charge >= 0.3 is 0 Å². The fraction of sp³-hybridized carbons (Fsp3) is 0.706. The standard InChI is InChI=1S/C17H27N3O/c1-4-9-20-11-6-8-17(20)7-5-10-19(13-17)12-16-14(2)18-21-15(16)3/h4H,1,5-13H2,2-3H3/t17-/m1/s1. The first kappa shape index (κ1) is 14.8. The van der Waals surface area contributed by atoms with Crippen molar-refractivity contribution in [2.24, 2.45) is 0 Å². The first-order chi connectivity index (χ1) is 10.1. The van der Waals surface area contributed by atoms with E-state index in [0.29, 0.717) is 5.54 Å². The maximum atomic E-state index is 5.31. The molecule has 3 heterocycles. The average molecular weight is 289 g/mol. The minimum atomic E-state index is 0.380. The number of hydrogen-bond acceptors (Lipinski definition) is 4. The van der Waals surface area contributed by atoms with Gasteiger partial charge in [0.15, 0.2) is 0 Å². The second-order valence-electron chi connectivity index (χ2n) is 6.68. The van der Waals surface area contributed by atoms with E-state index in [1.54, 1.807) is 0 Å². The summed E-state index contributed by atoms with van der Waals surface area (Å²) in [5.74, 6) is 0.974. The normalized spacial score (nSPS) is 27.5. The molecule has 2 aliphatic rings. The average Bonchev–Trinajstić information content (AvgIpc) is 2.98. The van der Waals surface area contributed by atoms with Crippen molar-refractivity contribution in [3.8, 4) is 0 Å². The van der Waals surface area contributed by atoms with Crippen molar-refractivity contribution in [3.05, 3.63) is 29.7 Å². The van der Waals surface area contributed by atoms with Crippen LogP contribution < -0.4 is 0 Å². The molecule has 2 fully saturated rings. The van der Waals surface area contributed by atoms with Crippen molar-refractivity contribution in [2.75, 3.05) is 26.2 Å². The lowest BCUT2D eigenvalue weighted by Crippen LogP contribution is -2.55. The highest BCUT2D eigenvalue weighted by molar-refractivity contribution is 5.21. The van der Waals surface area contributed by atoms with E-state index in [1.807, 2.05) is 13.8 Å². The van der Waals surface area contributed by atoms with Gasteiger partial charge in [-0.1, -0.05) is 11.2 Å². The highest BCUT2D eigenvalue weighted by Crippen LogP contribution is 2.37. The summed E-state index contributed by atoms with van der Waals surface area (Å²) in [6.45, 7) is 13.6. The molecule has 21 heavy (non-hydrogen) atoms. The van der Waals surface area contributed by atoms with Crippen LogP contribution in [-0.2, 0) is 6.54 Å². The van der Waals surface area contributed by atoms with E-state index >= 15 is 0 Å². The SMILES string of the molecule is C=CCN1CCC[C@@]12CCCN(Cc1c(C)noc1C)C2. The van der Waals surface area contributed by atoms with Gasteiger partial charge in [-0.3, -0.25) is 9.80 Å². The Kier molecular flexibility index (Phi) is 4.18. The molecule has 0 aromatic carbocycles. The molecular formula is C17H27N3O. The molecule has 0 bridgehead atoms. The molecule has 3 rings (SSSR count). The zero-order valence-electron chi connectivity index (χ0n) is 13.4. The van der Waals surface area contributed by atoms with Crippen molar-refractivity contribution in [1.29, 1.82) is 0 Å². The van der Waals surface area contributed by atoms with E-state index in [9.17, 15) is 0 Å². The lowest BCUT2D eigenvalue weighted by Gasteiger charge is -2.46. The van der Waals surface area contributed by atoms with Crippen LogP contribution in [0.15, 0.2) is 17.2 Å². The molecule has 0 unspecified atom stereocenters. The van der Waals surface area contributed by atoms with E-state index in [1.165, 1.54) is 50.9 Å². The molecule has 1 atom stereocenters. The first-order valence-electron chi connectivity index (χ1n) is 8.15. The Morgan fingerprint density at radius 1 is 1.29 bits per heavy atom. The molecule has 4 nitrogen and oxygen atoms in total. The van der Waals surface area contributed by atoms with Gasteiger partial charge in [-0.25, -0.2) is 0 Å². The fourth-order valence-electron chi connectivity index (χ4n) is 4.19. The molecule has 1 spiro atoms. The van der Waals surface area contributed by atoms with Crippen LogP contribution in [0.1, 0.15) is 42.7 Å². The third-order valence-electron chi connectivity index (χ3n) is 5.29. The smallest absolute Gasteiger partial charge is 0.138 e. The number of aryl methyl sites for hydroxylation is 2. The Balaban J connectivity index is 1.72. The van der Waals surface area contributed by atoms with Gasteiger partial charge in [0.25, 0.3) is 0 Å². The Labute approximate surface area is 127 Å². The number of piperidine rings is 1. The maximum Gasteiger partial charge on any atom is 0.138 e. The Morgan fingerprint density at radius 2 is 2.05 bits per heavy atom. The predicted octanol–water partition coefficient (Wildman–Crippen LogP) is 2.91.